The number of hydrogen-bond acceptors (Lipinski definition) is 4. The largest absolute Gasteiger partial charge is 0.493 e. The Morgan fingerprint density at radius 3 is 2.57 bits per heavy atom. The highest BCUT2D eigenvalue weighted by Crippen LogP contribution is 2.29. The molecule has 7 nitrogen and oxygen atoms in total. The van der Waals surface area contributed by atoms with Gasteiger partial charge >= 0.3 is 0 Å². The standard InChI is InChI=1S/C22H27N5O2.HI/c1-4-24-22(26-19-8-9-20(28-2)21(13-19)29-3)25-14-17-6-5-7-18(12-17)15-27-11-10-23-16-27;/h5-13,16H,4,14-15H2,1-3H3,(H2,24,25,26);1H. The topological polar surface area (TPSA) is 72.7 Å². The average molecular weight is 521 g/mol. The summed E-state index contributed by atoms with van der Waals surface area (Å²) in [4.78, 5) is 8.81. The number of nitrogens with one attached hydrogen (secondary N) is 2. The number of ether oxygens (including phenoxy) is 2. The Kier molecular flexibility index (Phi) is 9.46. The molecule has 2 aromatic carbocycles. The zero-order valence-electron chi connectivity index (χ0n) is 17.5. The first-order chi connectivity index (χ1) is 14.2. The van der Waals surface area contributed by atoms with Crippen molar-refractivity contribution >= 4 is 35.6 Å². The van der Waals surface area contributed by atoms with E-state index in [9.17, 15) is 0 Å². The summed E-state index contributed by atoms with van der Waals surface area (Å²) in [7, 11) is 3.25. The van der Waals surface area contributed by atoms with Gasteiger partial charge in [0.15, 0.2) is 17.5 Å². The van der Waals surface area contributed by atoms with Crippen LogP contribution >= 0.6 is 24.0 Å². The molecule has 0 aliphatic rings. The molecule has 0 atom stereocenters. The summed E-state index contributed by atoms with van der Waals surface area (Å²) in [5.41, 5.74) is 3.23. The molecule has 3 aromatic rings. The lowest BCUT2D eigenvalue weighted by atomic mass is 10.1. The summed E-state index contributed by atoms with van der Waals surface area (Å²) in [6, 6.07) is 14.1. The zero-order chi connectivity index (χ0) is 20.5. The Balaban J connectivity index is 0.00000320. The number of imidazole rings is 1. The molecule has 0 unspecified atom stereocenters. The molecule has 8 heteroatoms. The van der Waals surface area contributed by atoms with Crippen LogP contribution in [0.1, 0.15) is 18.1 Å². The van der Waals surface area contributed by atoms with E-state index in [0.29, 0.717) is 24.0 Å². The van der Waals surface area contributed by atoms with Crippen LogP contribution in [0.25, 0.3) is 0 Å². The van der Waals surface area contributed by atoms with Crippen molar-refractivity contribution in [2.24, 2.45) is 4.99 Å². The van der Waals surface area contributed by atoms with Crippen molar-refractivity contribution in [2.75, 3.05) is 26.1 Å². The number of anilines is 1. The minimum absolute atomic E-state index is 0. The highest BCUT2D eigenvalue weighted by atomic mass is 127. The summed E-state index contributed by atoms with van der Waals surface area (Å²) in [5.74, 6) is 2.06. The second-order valence-corrected chi connectivity index (χ2v) is 6.44. The maximum absolute atomic E-state index is 5.37. The van der Waals surface area contributed by atoms with Gasteiger partial charge in [-0.1, -0.05) is 24.3 Å². The smallest absolute Gasteiger partial charge is 0.196 e. The maximum Gasteiger partial charge on any atom is 0.196 e. The van der Waals surface area contributed by atoms with Gasteiger partial charge in [-0.2, -0.15) is 0 Å². The van der Waals surface area contributed by atoms with Crippen LogP contribution in [0, 0.1) is 0 Å². The maximum atomic E-state index is 5.37. The monoisotopic (exact) mass is 521 g/mol. The fraction of sp³-hybridized carbons (Fsp3) is 0.273. The lowest BCUT2D eigenvalue weighted by Crippen LogP contribution is -2.30. The van der Waals surface area contributed by atoms with Crippen molar-refractivity contribution in [2.45, 2.75) is 20.0 Å². The van der Waals surface area contributed by atoms with E-state index >= 15 is 0 Å². The zero-order valence-corrected chi connectivity index (χ0v) is 19.8. The predicted molar refractivity (Wildman–Crippen MR) is 131 cm³/mol. The second kappa shape index (κ2) is 12.1. The van der Waals surface area contributed by atoms with Crippen LogP contribution in [0.4, 0.5) is 5.69 Å². The van der Waals surface area contributed by atoms with Gasteiger partial charge in [0, 0.05) is 37.2 Å². The van der Waals surface area contributed by atoms with Crippen molar-refractivity contribution in [3.05, 3.63) is 72.3 Å². The third kappa shape index (κ3) is 6.65. The number of aromatic nitrogens is 2. The van der Waals surface area contributed by atoms with Gasteiger partial charge in [0.25, 0.3) is 0 Å². The van der Waals surface area contributed by atoms with Gasteiger partial charge in [0.05, 0.1) is 27.1 Å². The van der Waals surface area contributed by atoms with E-state index in [4.69, 9.17) is 14.5 Å². The quantitative estimate of drug-likeness (QED) is 0.265. The van der Waals surface area contributed by atoms with Crippen LogP contribution in [0.2, 0.25) is 0 Å². The normalized spacial score (nSPS) is 10.8. The fourth-order valence-corrected chi connectivity index (χ4v) is 2.95. The number of guanidine groups is 1. The number of methoxy groups -OCH3 is 2. The number of halogens is 1. The molecule has 2 N–H and O–H groups in total. The molecular weight excluding hydrogens is 493 g/mol. The molecule has 0 radical (unpaired) electrons. The Hall–Kier alpha value is -2.75. The van der Waals surface area contributed by atoms with Gasteiger partial charge in [0.1, 0.15) is 0 Å². The van der Waals surface area contributed by atoms with Crippen LogP contribution in [0.3, 0.4) is 0 Å². The summed E-state index contributed by atoms with van der Waals surface area (Å²) >= 11 is 0. The summed E-state index contributed by atoms with van der Waals surface area (Å²) in [6.07, 6.45) is 5.57. The van der Waals surface area contributed by atoms with Crippen LogP contribution in [0.15, 0.2) is 66.2 Å². The van der Waals surface area contributed by atoms with Gasteiger partial charge in [-0.25, -0.2) is 9.98 Å². The number of nitrogens with zero attached hydrogens (tertiary/aromatic N) is 3. The van der Waals surface area contributed by atoms with E-state index in [0.717, 1.165) is 24.3 Å². The molecule has 0 aliphatic heterocycles. The number of benzene rings is 2. The molecule has 0 saturated carbocycles. The molecule has 30 heavy (non-hydrogen) atoms. The van der Waals surface area contributed by atoms with Crippen LogP contribution in [-0.4, -0.2) is 36.3 Å². The van der Waals surface area contributed by atoms with Crippen LogP contribution in [-0.2, 0) is 13.1 Å². The van der Waals surface area contributed by atoms with Gasteiger partial charge in [-0.15, -0.1) is 24.0 Å². The third-order valence-corrected chi connectivity index (χ3v) is 4.33. The molecule has 0 spiro atoms. The molecule has 1 aromatic heterocycles. The van der Waals surface area contributed by atoms with Gasteiger partial charge in [-0.3, -0.25) is 0 Å². The van der Waals surface area contributed by atoms with E-state index in [1.54, 1.807) is 20.4 Å². The minimum atomic E-state index is 0. The fourth-order valence-electron chi connectivity index (χ4n) is 2.95. The highest BCUT2D eigenvalue weighted by molar-refractivity contribution is 14.0. The molecule has 160 valence electrons. The first-order valence-corrected chi connectivity index (χ1v) is 9.52. The van der Waals surface area contributed by atoms with E-state index in [1.807, 2.05) is 42.2 Å². The van der Waals surface area contributed by atoms with E-state index in [1.165, 1.54) is 5.56 Å². The van der Waals surface area contributed by atoms with Gasteiger partial charge in [-0.05, 0) is 30.2 Å². The van der Waals surface area contributed by atoms with Crippen molar-refractivity contribution in [1.82, 2.24) is 14.9 Å². The molecule has 1 heterocycles. The van der Waals surface area contributed by atoms with Gasteiger partial charge < -0.3 is 24.7 Å². The molecular formula is C22H28IN5O2. The predicted octanol–water partition coefficient (Wildman–Crippen LogP) is 4.14. The third-order valence-electron chi connectivity index (χ3n) is 4.33. The SMILES string of the molecule is CCNC(=NCc1cccc(Cn2ccnc2)c1)Nc1ccc(OC)c(OC)c1.I. The lowest BCUT2D eigenvalue weighted by Gasteiger charge is -2.14. The average Bonchev–Trinajstić information content (AvgIpc) is 3.25. The Morgan fingerprint density at radius 1 is 1.07 bits per heavy atom. The first-order valence-electron chi connectivity index (χ1n) is 9.52. The number of aliphatic imine (C=N–C) groups is 1. The van der Waals surface area contributed by atoms with Gasteiger partial charge in [0.2, 0.25) is 0 Å². The van der Waals surface area contributed by atoms with E-state index in [2.05, 4.69) is 39.9 Å². The van der Waals surface area contributed by atoms with Crippen molar-refractivity contribution in [3.63, 3.8) is 0 Å². The molecule has 0 aliphatic carbocycles. The molecule has 0 amide bonds. The second-order valence-electron chi connectivity index (χ2n) is 6.44. The number of hydrogen-bond donors (Lipinski definition) is 2. The first kappa shape index (κ1) is 23.5. The Labute approximate surface area is 194 Å². The van der Waals surface area contributed by atoms with Crippen molar-refractivity contribution in [3.8, 4) is 11.5 Å². The number of rotatable bonds is 8. The summed E-state index contributed by atoms with van der Waals surface area (Å²) in [6.45, 7) is 4.17. The van der Waals surface area contributed by atoms with Crippen molar-refractivity contribution in [1.29, 1.82) is 0 Å². The summed E-state index contributed by atoms with van der Waals surface area (Å²) < 4.78 is 12.7. The van der Waals surface area contributed by atoms with E-state index < -0.39 is 0 Å². The molecule has 0 fully saturated rings. The van der Waals surface area contributed by atoms with Crippen LogP contribution < -0.4 is 20.1 Å². The molecule has 0 bridgehead atoms. The van der Waals surface area contributed by atoms with Crippen molar-refractivity contribution < 1.29 is 9.47 Å². The molecule has 0 saturated heterocycles. The highest BCUT2D eigenvalue weighted by Gasteiger charge is 2.06. The minimum Gasteiger partial charge on any atom is -0.493 e. The Bertz CT molecular complexity index is 944. The molecule has 3 rings (SSSR count). The lowest BCUT2D eigenvalue weighted by molar-refractivity contribution is 0.355. The summed E-state index contributed by atoms with van der Waals surface area (Å²) in [5, 5.41) is 6.59. The Morgan fingerprint density at radius 2 is 1.87 bits per heavy atom. The van der Waals surface area contributed by atoms with Crippen LogP contribution in [0.5, 0.6) is 11.5 Å². The van der Waals surface area contributed by atoms with E-state index in [-0.39, 0.29) is 24.0 Å².